The van der Waals surface area contributed by atoms with Crippen molar-refractivity contribution >= 4 is 27.5 Å². The SMILES string of the molecule is CC(CCO)NCc1ccc(Cl)c(Br)c1. The van der Waals surface area contributed by atoms with Crippen molar-refractivity contribution in [2.24, 2.45) is 0 Å². The van der Waals surface area contributed by atoms with Gasteiger partial charge < -0.3 is 10.4 Å². The van der Waals surface area contributed by atoms with Gasteiger partial charge in [-0.15, -0.1) is 0 Å². The summed E-state index contributed by atoms with van der Waals surface area (Å²) < 4.78 is 0.915. The molecule has 4 heteroatoms. The zero-order valence-electron chi connectivity index (χ0n) is 8.63. The zero-order chi connectivity index (χ0) is 11.3. The molecule has 2 nitrogen and oxygen atoms in total. The Balaban J connectivity index is 2.47. The first-order chi connectivity index (χ1) is 7.13. The second-order valence-electron chi connectivity index (χ2n) is 3.54. The number of nitrogens with one attached hydrogen (secondary N) is 1. The first-order valence-corrected chi connectivity index (χ1v) is 6.08. The molecule has 1 aromatic carbocycles. The highest BCUT2D eigenvalue weighted by Crippen LogP contribution is 2.23. The maximum absolute atomic E-state index is 8.75. The van der Waals surface area contributed by atoms with E-state index in [0.29, 0.717) is 6.04 Å². The molecule has 0 spiro atoms. The fraction of sp³-hybridized carbons (Fsp3) is 0.455. The Kier molecular flexibility index (Phi) is 5.61. The molecular weight excluding hydrogens is 277 g/mol. The Hall–Kier alpha value is -0.0900. The van der Waals surface area contributed by atoms with Crippen molar-refractivity contribution in [1.29, 1.82) is 0 Å². The summed E-state index contributed by atoms with van der Waals surface area (Å²) in [6, 6.07) is 6.19. The van der Waals surface area contributed by atoms with Crippen LogP contribution in [0.15, 0.2) is 22.7 Å². The molecule has 0 aliphatic rings. The second-order valence-corrected chi connectivity index (χ2v) is 4.80. The molecule has 0 bridgehead atoms. The number of aliphatic hydroxyl groups excluding tert-OH is 1. The molecule has 0 heterocycles. The van der Waals surface area contributed by atoms with Crippen LogP contribution in [0.3, 0.4) is 0 Å². The van der Waals surface area contributed by atoms with Crippen LogP contribution in [-0.2, 0) is 6.54 Å². The molecule has 0 amide bonds. The third-order valence-corrected chi connectivity index (χ3v) is 3.41. The summed E-state index contributed by atoms with van der Waals surface area (Å²) in [5, 5.41) is 12.8. The van der Waals surface area contributed by atoms with Gasteiger partial charge in [0.05, 0.1) is 5.02 Å². The van der Waals surface area contributed by atoms with Crippen molar-refractivity contribution in [2.75, 3.05) is 6.61 Å². The lowest BCUT2D eigenvalue weighted by Gasteiger charge is -2.12. The van der Waals surface area contributed by atoms with E-state index in [1.165, 1.54) is 5.56 Å². The summed E-state index contributed by atoms with van der Waals surface area (Å²) in [7, 11) is 0. The summed E-state index contributed by atoms with van der Waals surface area (Å²) in [5.74, 6) is 0. The van der Waals surface area contributed by atoms with Gasteiger partial charge in [0, 0.05) is 23.7 Å². The van der Waals surface area contributed by atoms with Crippen molar-refractivity contribution in [2.45, 2.75) is 25.9 Å². The number of aliphatic hydroxyl groups is 1. The van der Waals surface area contributed by atoms with Gasteiger partial charge in [-0.05, 0) is 47.0 Å². The normalized spacial score (nSPS) is 12.8. The van der Waals surface area contributed by atoms with Gasteiger partial charge in [0.25, 0.3) is 0 Å². The second kappa shape index (κ2) is 6.48. The lowest BCUT2D eigenvalue weighted by atomic mass is 10.2. The molecule has 1 rings (SSSR count). The Morgan fingerprint density at radius 1 is 1.53 bits per heavy atom. The first kappa shape index (κ1) is 13.0. The third-order valence-electron chi connectivity index (χ3n) is 2.20. The maximum atomic E-state index is 8.75. The van der Waals surface area contributed by atoms with Gasteiger partial charge in [-0.25, -0.2) is 0 Å². The van der Waals surface area contributed by atoms with E-state index in [4.69, 9.17) is 16.7 Å². The molecule has 0 aliphatic heterocycles. The Bertz CT molecular complexity index is 319. The van der Waals surface area contributed by atoms with Gasteiger partial charge in [-0.2, -0.15) is 0 Å². The lowest BCUT2D eigenvalue weighted by molar-refractivity contribution is 0.268. The molecule has 0 fully saturated rings. The molecule has 0 saturated heterocycles. The highest BCUT2D eigenvalue weighted by atomic mass is 79.9. The minimum absolute atomic E-state index is 0.221. The van der Waals surface area contributed by atoms with E-state index in [2.05, 4.69) is 28.2 Å². The molecular formula is C11H15BrClNO. The average Bonchev–Trinajstić information content (AvgIpc) is 2.20. The fourth-order valence-corrected chi connectivity index (χ4v) is 1.78. The predicted octanol–water partition coefficient (Wildman–Crippen LogP) is 2.96. The highest BCUT2D eigenvalue weighted by molar-refractivity contribution is 9.10. The van der Waals surface area contributed by atoms with E-state index in [9.17, 15) is 0 Å². The van der Waals surface area contributed by atoms with Gasteiger partial charge in [-0.1, -0.05) is 17.7 Å². The van der Waals surface area contributed by atoms with Crippen molar-refractivity contribution in [3.63, 3.8) is 0 Å². The summed E-state index contributed by atoms with van der Waals surface area (Å²) in [6.07, 6.45) is 0.773. The minimum atomic E-state index is 0.221. The van der Waals surface area contributed by atoms with Crippen LogP contribution in [0.4, 0.5) is 0 Å². The van der Waals surface area contributed by atoms with Gasteiger partial charge in [0.15, 0.2) is 0 Å². The van der Waals surface area contributed by atoms with Crippen LogP contribution in [0.1, 0.15) is 18.9 Å². The minimum Gasteiger partial charge on any atom is -0.396 e. The lowest BCUT2D eigenvalue weighted by Crippen LogP contribution is -2.26. The number of hydrogen-bond acceptors (Lipinski definition) is 2. The number of benzene rings is 1. The largest absolute Gasteiger partial charge is 0.396 e. The molecule has 1 aromatic rings. The molecule has 1 atom stereocenters. The zero-order valence-corrected chi connectivity index (χ0v) is 11.0. The number of halogens is 2. The van der Waals surface area contributed by atoms with E-state index in [1.807, 2.05) is 18.2 Å². The molecule has 15 heavy (non-hydrogen) atoms. The predicted molar refractivity (Wildman–Crippen MR) is 67.2 cm³/mol. The van der Waals surface area contributed by atoms with E-state index in [0.717, 1.165) is 22.5 Å². The monoisotopic (exact) mass is 291 g/mol. The molecule has 2 N–H and O–H groups in total. The smallest absolute Gasteiger partial charge is 0.0548 e. The van der Waals surface area contributed by atoms with E-state index in [1.54, 1.807) is 0 Å². The van der Waals surface area contributed by atoms with Gasteiger partial charge >= 0.3 is 0 Å². The molecule has 1 unspecified atom stereocenters. The summed E-state index contributed by atoms with van der Waals surface area (Å²) >= 11 is 9.28. The van der Waals surface area contributed by atoms with Crippen LogP contribution < -0.4 is 5.32 Å². The summed E-state index contributed by atoms with van der Waals surface area (Å²) in [4.78, 5) is 0. The molecule has 0 saturated carbocycles. The Morgan fingerprint density at radius 3 is 2.87 bits per heavy atom. The summed E-state index contributed by atoms with van der Waals surface area (Å²) in [6.45, 7) is 3.07. The van der Waals surface area contributed by atoms with Gasteiger partial charge in [0.1, 0.15) is 0 Å². The average molecular weight is 293 g/mol. The van der Waals surface area contributed by atoms with E-state index < -0.39 is 0 Å². The maximum Gasteiger partial charge on any atom is 0.0548 e. The number of hydrogen-bond donors (Lipinski definition) is 2. The van der Waals surface area contributed by atoms with Crippen LogP contribution in [0.25, 0.3) is 0 Å². The van der Waals surface area contributed by atoms with Crippen LogP contribution in [0.2, 0.25) is 5.02 Å². The third kappa shape index (κ3) is 4.51. The van der Waals surface area contributed by atoms with Crippen molar-refractivity contribution in [3.05, 3.63) is 33.3 Å². The van der Waals surface area contributed by atoms with Crippen LogP contribution in [0, 0.1) is 0 Å². The van der Waals surface area contributed by atoms with Crippen LogP contribution in [0.5, 0.6) is 0 Å². The van der Waals surface area contributed by atoms with Gasteiger partial charge in [-0.3, -0.25) is 0 Å². The van der Waals surface area contributed by atoms with Crippen molar-refractivity contribution in [1.82, 2.24) is 5.32 Å². The fourth-order valence-electron chi connectivity index (χ4n) is 1.24. The quantitative estimate of drug-likeness (QED) is 0.874. The standard InChI is InChI=1S/C11H15BrClNO/c1-8(4-5-15)14-7-9-2-3-11(13)10(12)6-9/h2-3,6,8,14-15H,4-5,7H2,1H3. The topological polar surface area (TPSA) is 32.3 Å². The van der Waals surface area contributed by atoms with Crippen LogP contribution in [-0.4, -0.2) is 17.8 Å². The summed E-state index contributed by atoms with van der Waals surface area (Å²) in [5.41, 5.74) is 1.18. The highest BCUT2D eigenvalue weighted by Gasteiger charge is 2.02. The van der Waals surface area contributed by atoms with Gasteiger partial charge in [0.2, 0.25) is 0 Å². The van der Waals surface area contributed by atoms with E-state index >= 15 is 0 Å². The van der Waals surface area contributed by atoms with E-state index in [-0.39, 0.29) is 6.61 Å². The molecule has 84 valence electrons. The van der Waals surface area contributed by atoms with Crippen LogP contribution >= 0.6 is 27.5 Å². The molecule has 0 aliphatic carbocycles. The van der Waals surface area contributed by atoms with Crippen molar-refractivity contribution in [3.8, 4) is 0 Å². The Labute approximate surface area is 104 Å². The molecule has 0 aromatic heterocycles. The number of rotatable bonds is 5. The Morgan fingerprint density at radius 2 is 2.27 bits per heavy atom. The first-order valence-electron chi connectivity index (χ1n) is 4.91. The van der Waals surface area contributed by atoms with Crippen molar-refractivity contribution < 1.29 is 5.11 Å². The molecule has 0 radical (unpaired) electrons.